The van der Waals surface area contributed by atoms with Gasteiger partial charge >= 0.3 is 0 Å². The number of pyridine rings is 1. The molecule has 1 aliphatic heterocycles. The molecule has 2 aliphatic rings. The second kappa shape index (κ2) is 7.14. The number of hydrogen-bond donors (Lipinski definition) is 0. The molecule has 4 rings (SSSR count). The number of nitrogens with zero attached hydrogens (tertiary/aromatic N) is 2. The summed E-state index contributed by atoms with van der Waals surface area (Å²) in [6, 6.07) is 8.39. The number of aromatic nitrogens is 1. The minimum atomic E-state index is 0.296. The van der Waals surface area contributed by atoms with Gasteiger partial charge in [0.2, 0.25) is 5.91 Å². The molecule has 0 unspecified atom stereocenters. The van der Waals surface area contributed by atoms with Gasteiger partial charge in [0.05, 0.1) is 11.3 Å². The zero-order chi connectivity index (χ0) is 16.4. The van der Waals surface area contributed by atoms with Gasteiger partial charge in [0.1, 0.15) is 0 Å². The fourth-order valence-corrected chi connectivity index (χ4v) is 5.03. The van der Waals surface area contributed by atoms with E-state index >= 15 is 0 Å². The summed E-state index contributed by atoms with van der Waals surface area (Å²) < 4.78 is 0. The number of amides is 1. The molecule has 0 N–H and O–H groups in total. The third-order valence-electron chi connectivity index (χ3n) is 5.17. The van der Waals surface area contributed by atoms with Crippen molar-refractivity contribution in [3.05, 3.63) is 35.5 Å². The third-order valence-corrected chi connectivity index (χ3v) is 6.31. The molecule has 2 heterocycles. The van der Waals surface area contributed by atoms with Gasteiger partial charge in [-0.15, -0.1) is 11.8 Å². The van der Waals surface area contributed by atoms with E-state index in [2.05, 4.69) is 24.3 Å². The molecule has 126 valence electrons. The summed E-state index contributed by atoms with van der Waals surface area (Å²) in [6.45, 7) is 1.88. The highest BCUT2D eigenvalue weighted by Gasteiger charge is 2.21. The van der Waals surface area contributed by atoms with Gasteiger partial charge in [0, 0.05) is 29.1 Å². The molecule has 1 aromatic carbocycles. The topological polar surface area (TPSA) is 33.2 Å². The Bertz CT molecular complexity index is 753. The molecule has 2 aromatic rings. The van der Waals surface area contributed by atoms with Gasteiger partial charge in [-0.05, 0) is 56.6 Å². The summed E-state index contributed by atoms with van der Waals surface area (Å²) in [4.78, 5) is 20.8. The second-order valence-corrected chi connectivity index (χ2v) is 7.81. The quantitative estimate of drug-likeness (QED) is 0.785. The van der Waals surface area contributed by atoms with E-state index in [4.69, 9.17) is 4.98 Å². The van der Waals surface area contributed by atoms with Crippen molar-refractivity contribution in [1.29, 1.82) is 0 Å². The SMILES string of the molecule is O=C(CSc1c2c(nc3ccccc13)CCCC2)N1CCCCC1. The van der Waals surface area contributed by atoms with Crippen molar-refractivity contribution < 1.29 is 4.79 Å². The number of rotatable bonds is 3. The van der Waals surface area contributed by atoms with Crippen molar-refractivity contribution in [2.45, 2.75) is 49.8 Å². The van der Waals surface area contributed by atoms with Gasteiger partial charge in [0.15, 0.2) is 0 Å². The minimum Gasteiger partial charge on any atom is -0.342 e. The van der Waals surface area contributed by atoms with E-state index in [9.17, 15) is 4.79 Å². The van der Waals surface area contributed by atoms with Crippen molar-refractivity contribution in [1.82, 2.24) is 9.88 Å². The van der Waals surface area contributed by atoms with E-state index in [0.717, 1.165) is 44.3 Å². The van der Waals surface area contributed by atoms with Crippen LogP contribution in [0.1, 0.15) is 43.4 Å². The predicted molar refractivity (Wildman–Crippen MR) is 99.5 cm³/mol. The Morgan fingerprint density at radius 2 is 1.83 bits per heavy atom. The molecular weight excluding hydrogens is 316 g/mol. The summed E-state index contributed by atoms with van der Waals surface area (Å²) in [5.74, 6) is 0.852. The number of thioether (sulfide) groups is 1. The zero-order valence-corrected chi connectivity index (χ0v) is 14.9. The van der Waals surface area contributed by atoms with Crippen LogP contribution in [0.25, 0.3) is 10.9 Å². The van der Waals surface area contributed by atoms with Gasteiger partial charge in [-0.2, -0.15) is 0 Å². The van der Waals surface area contributed by atoms with Crippen LogP contribution in [0.3, 0.4) is 0 Å². The van der Waals surface area contributed by atoms with Crippen molar-refractivity contribution in [3.63, 3.8) is 0 Å². The van der Waals surface area contributed by atoms with Crippen LogP contribution in [-0.4, -0.2) is 34.6 Å². The van der Waals surface area contributed by atoms with Crippen LogP contribution in [-0.2, 0) is 17.6 Å². The predicted octanol–water partition coefficient (Wildman–Crippen LogP) is 4.22. The minimum absolute atomic E-state index is 0.296. The number of fused-ring (bicyclic) bond motifs is 2. The highest BCUT2D eigenvalue weighted by Crippen LogP contribution is 2.36. The van der Waals surface area contributed by atoms with E-state index in [1.807, 2.05) is 4.90 Å². The van der Waals surface area contributed by atoms with Gasteiger partial charge in [-0.25, -0.2) is 0 Å². The fraction of sp³-hybridized carbons (Fsp3) is 0.500. The maximum atomic E-state index is 12.6. The first-order chi connectivity index (χ1) is 11.8. The summed E-state index contributed by atoms with van der Waals surface area (Å²) in [5, 5.41) is 1.22. The van der Waals surface area contributed by atoms with E-state index in [0.29, 0.717) is 11.7 Å². The Kier molecular flexibility index (Phi) is 4.74. The molecule has 4 heteroatoms. The number of hydrogen-bond acceptors (Lipinski definition) is 3. The molecule has 0 radical (unpaired) electrons. The second-order valence-electron chi connectivity index (χ2n) is 6.82. The summed E-state index contributed by atoms with van der Waals surface area (Å²) >= 11 is 1.74. The standard InChI is InChI=1S/C20H24N2OS/c23-19(22-12-6-1-7-13-22)14-24-20-15-8-2-4-10-17(15)21-18-11-5-3-9-16(18)20/h2,4,8,10H,1,3,5-7,9,11-14H2. The first kappa shape index (κ1) is 15.9. The summed E-state index contributed by atoms with van der Waals surface area (Å²) in [6.07, 6.45) is 8.23. The Labute approximate surface area is 147 Å². The average molecular weight is 340 g/mol. The molecule has 1 amide bonds. The van der Waals surface area contributed by atoms with Gasteiger partial charge < -0.3 is 4.90 Å². The van der Waals surface area contributed by atoms with Gasteiger partial charge in [0.25, 0.3) is 0 Å². The van der Waals surface area contributed by atoms with Crippen molar-refractivity contribution in [2.75, 3.05) is 18.8 Å². The van der Waals surface area contributed by atoms with Gasteiger partial charge in [-0.3, -0.25) is 9.78 Å². The molecular formula is C20H24N2OS. The van der Waals surface area contributed by atoms with Crippen LogP contribution in [0.4, 0.5) is 0 Å². The Morgan fingerprint density at radius 1 is 1.04 bits per heavy atom. The molecule has 1 aliphatic carbocycles. The van der Waals surface area contributed by atoms with Crippen LogP contribution in [0, 0.1) is 0 Å². The van der Waals surface area contributed by atoms with Crippen LogP contribution >= 0.6 is 11.8 Å². The Hall–Kier alpha value is -1.55. The van der Waals surface area contributed by atoms with E-state index in [-0.39, 0.29) is 0 Å². The lowest BCUT2D eigenvalue weighted by molar-refractivity contribution is -0.129. The van der Waals surface area contributed by atoms with E-state index in [1.165, 1.54) is 40.8 Å². The number of aryl methyl sites for hydroxylation is 1. The molecule has 24 heavy (non-hydrogen) atoms. The van der Waals surface area contributed by atoms with E-state index in [1.54, 1.807) is 11.8 Å². The first-order valence-electron chi connectivity index (χ1n) is 9.14. The number of carbonyl (C=O) groups excluding carboxylic acids is 1. The average Bonchev–Trinajstić information content (AvgIpc) is 2.65. The fourth-order valence-electron chi connectivity index (χ4n) is 3.86. The number of benzene rings is 1. The Morgan fingerprint density at radius 3 is 2.71 bits per heavy atom. The van der Waals surface area contributed by atoms with Crippen molar-refractivity contribution in [2.24, 2.45) is 0 Å². The maximum absolute atomic E-state index is 12.6. The molecule has 0 bridgehead atoms. The highest BCUT2D eigenvalue weighted by molar-refractivity contribution is 8.00. The zero-order valence-electron chi connectivity index (χ0n) is 14.1. The highest BCUT2D eigenvalue weighted by atomic mass is 32.2. The molecule has 0 spiro atoms. The number of likely N-dealkylation sites (tertiary alicyclic amines) is 1. The van der Waals surface area contributed by atoms with Crippen LogP contribution in [0.5, 0.6) is 0 Å². The molecule has 1 saturated heterocycles. The molecule has 0 atom stereocenters. The summed E-state index contributed by atoms with van der Waals surface area (Å²) in [5.41, 5.74) is 3.73. The number of para-hydroxylation sites is 1. The maximum Gasteiger partial charge on any atom is 0.232 e. The van der Waals surface area contributed by atoms with Gasteiger partial charge in [-0.1, -0.05) is 18.2 Å². The third kappa shape index (κ3) is 3.16. The largest absolute Gasteiger partial charge is 0.342 e. The van der Waals surface area contributed by atoms with Crippen LogP contribution in [0.15, 0.2) is 29.2 Å². The summed E-state index contributed by atoms with van der Waals surface area (Å²) in [7, 11) is 0. The molecule has 1 fully saturated rings. The van der Waals surface area contributed by atoms with Crippen LogP contribution in [0.2, 0.25) is 0 Å². The van der Waals surface area contributed by atoms with Crippen molar-refractivity contribution >= 4 is 28.6 Å². The Balaban J connectivity index is 1.61. The lowest BCUT2D eigenvalue weighted by Crippen LogP contribution is -2.36. The number of carbonyl (C=O) groups is 1. The van der Waals surface area contributed by atoms with E-state index < -0.39 is 0 Å². The lowest BCUT2D eigenvalue weighted by Gasteiger charge is -2.27. The normalized spacial score (nSPS) is 17.8. The first-order valence-corrected chi connectivity index (χ1v) is 10.1. The monoisotopic (exact) mass is 340 g/mol. The lowest BCUT2D eigenvalue weighted by atomic mass is 9.94. The molecule has 3 nitrogen and oxygen atoms in total. The smallest absolute Gasteiger partial charge is 0.232 e. The number of piperidine rings is 1. The molecule has 1 aromatic heterocycles. The van der Waals surface area contributed by atoms with Crippen LogP contribution < -0.4 is 0 Å². The van der Waals surface area contributed by atoms with Crippen molar-refractivity contribution in [3.8, 4) is 0 Å². The molecule has 0 saturated carbocycles.